The van der Waals surface area contributed by atoms with Gasteiger partial charge in [-0.3, -0.25) is 14.2 Å². The van der Waals surface area contributed by atoms with E-state index in [0.717, 1.165) is 26.8 Å². The summed E-state index contributed by atoms with van der Waals surface area (Å²) >= 11 is 0. The molecule has 4 rings (SSSR count). The Morgan fingerprint density at radius 2 is 1.69 bits per heavy atom. The lowest BCUT2D eigenvalue weighted by atomic mass is 10.1. The molecule has 1 N–H and O–H groups in total. The monoisotopic (exact) mass is 488 g/mol. The van der Waals surface area contributed by atoms with Crippen LogP contribution in [0.2, 0.25) is 0 Å². The summed E-state index contributed by atoms with van der Waals surface area (Å²) in [5, 5.41) is 11.0. The summed E-state index contributed by atoms with van der Waals surface area (Å²) in [7, 11) is 0. The highest BCUT2D eigenvalue weighted by molar-refractivity contribution is 5.76. The number of hydrogen-bond acceptors (Lipinski definition) is 7. The van der Waals surface area contributed by atoms with E-state index in [0.29, 0.717) is 12.2 Å². The molecule has 2 aromatic carbocycles. The predicted octanol–water partition coefficient (Wildman–Crippen LogP) is 2.58. The first-order valence-electron chi connectivity index (χ1n) is 11.9. The molecule has 0 atom stereocenters. The Hall–Kier alpha value is -4.34. The third-order valence-corrected chi connectivity index (χ3v) is 5.82. The largest absolute Gasteiger partial charge is 0.352 e. The molecule has 0 aliphatic rings. The summed E-state index contributed by atoms with van der Waals surface area (Å²) in [6.07, 6.45) is 1.31. The van der Waals surface area contributed by atoms with E-state index in [4.69, 9.17) is 4.52 Å². The maximum atomic E-state index is 12.9. The van der Waals surface area contributed by atoms with Crippen LogP contribution in [0.25, 0.3) is 17.2 Å². The van der Waals surface area contributed by atoms with Gasteiger partial charge in [-0.2, -0.15) is 14.8 Å². The van der Waals surface area contributed by atoms with Crippen LogP contribution in [0, 0.1) is 6.92 Å². The number of nitrogens with one attached hydrogen (secondary N) is 1. The van der Waals surface area contributed by atoms with E-state index in [2.05, 4.69) is 27.5 Å². The number of amides is 1. The van der Waals surface area contributed by atoms with Gasteiger partial charge in [0.05, 0.1) is 5.69 Å². The van der Waals surface area contributed by atoms with E-state index < -0.39 is 11.2 Å². The minimum atomic E-state index is -0.606. The smallest absolute Gasteiger partial charge is 0.352 e. The first kappa shape index (κ1) is 24.8. The minimum Gasteiger partial charge on any atom is -0.352 e. The number of benzene rings is 2. The van der Waals surface area contributed by atoms with Crippen molar-refractivity contribution >= 4 is 5.91 Å². The number of aromatic nitrogens is 5. The maximum Gasteiger partial charge on any atom is 0.352 e. The molecule has 0 radical (unpaired) electrons. The molecule has 10 heteroatoms. The van der Waals surface area contributed by atoms with Crippen molar-refractivity contribution in [2.45, 2.75) is 53.1 Å². The van der Waals surface area contributed by atoms with E-state index >= 15 is 0 Å². The number of carbonyl (C=O) groups excluding carboxylic acids is 1. The average molecular weight is 489 g/mol. The van der Waals surface area contributed by atoms with Gasteiger partial charge in [-0.15, -0.1) is 0 Å². The van der Waals surface area contributed by atoms with Gasteiger partial charge in [-0.05, 0) is 43.5 Å². The average Bonchev–Trinajstić information content (AvgIpc) is 3.36. The molecule has 36 heavy (non-hydrogen) atoms. The van der Waals surface area contributed by atoms with Gasteiger partial charge in [-0.1, -0.05) is 54.0 Å². The van der Waals surface area contributed by atoms with E-state index in [1.54, 1.807) is 19.1 Å². The fourth-order valence-electron chi connectivity index (χ4n) is 3.64. The number of rotatable bonds is 9. The van der Waals surface area contributed by atoms with E-state index in [-0.39, 0.29) is 42.7 Å². The molecular formula is C26H28N6O4. The third kappa shape index (κ3) is 5.48. The lowest BCUT2D eigenvalue weighted by Gasteiger charge is -2.09. The second-order valence-electron chi connectivity index (χ2n) is 8.39. The summed E-state index contributed by atoms with van der Waals surface area (Å²) in [4.78, 5) is 42.3. The molecule has 0 spiro atoms. The van der Waals surface area contributed by atoms with Crippen molar-refractivity contribution in [3.8, 4) is 17.2 Å². The SMILES string of the molecule is CCc1ccc(CNC(=O)CCc2nc(-c3nn(-c4ccc(C)cc4)c(=O)n(CC)c3=O)no2)cc1. The number of hydrogen-bond donors (Lipinski definition) is 1. The normalized spacial score (nSPS) is 11.0. The van der Waals surface area contributed by atoms with Crippen molar-refractivity contribution in [2.75, 3.05) is 0 Å². The van der Waals surface area contributed by atoms with E-state index in [1.807, 2.05) is 43.3 Å². The van der Waals surface area contributed by atoms with E-state index in [9.17, 15) is 14.4 Å². The molecule has 0 fully saturated rings. The van der Waals surface area contributed by atoms with Crippen molar-refractivity contribution in [1.82, 2.24) is 29.8 Å². The van der Waals surface area contributed by atoms with Gasteiger partial charge >= 0.3 is 5.69 Å². The summed E-state index contributed by atoms with van der Waals surface area (Å²) < 4.78 is 7.48. The van der Waals surface area contributed by atoms with E-state index in [1.165, 1.54) is 5.56 Å². The highest BCUT2D eigenvalue weighted by atomic mass is 16.5. The van der Waals surface area contributed by atoms with Crippen molar-refractivity contribution < 1.29 is 9.32 Å². The predicted molar refractivity (Wildman–Crippen MR) is 134 cm³/mol. The number of carbonyl (C=O) groups is 1. The first-order valence-corrected chi connectivity index (χ1v) is 11.9. The standard InChI is InChI=1S/C26H28N6O4/c1-4-18-8-10-19(11-9-18)16-27-21(33)14-15-22-28-24(30-36-22)23-25(34)31(5-2)26(35)32(29-23)20-12-6-17(3)7-13-20/h6-13H,4-5,14-16H2,1-3H3,(H,27,33). The van der Waals surface area contributed by atoms with Crippen molar-refractivity contribution in [3.05, 3.63) is 92.0 Å². The van der Waals surface area contributed by atoms with Crippen LogP contribution < -0.4 is 16.6 Å². The lowest BCUT2D eigenvalue weighted by molar-refractivity contribution is -0.121. The maximum absolute atomic E-state index is 12.9. The van der Waals surface area contributed by atoms with Crippen LogP contribution >= 0.6 is 0 Å². The molecule has 1 amide bonds. The fraction of sp³-hybridized carbons (Fsp3) is 0.308. The number of aryl methyl sites for hydroxylation is 3. The van der Waals surface area contributed by atoms with Gasteiger partial charge in [0.15, 0.2) is 5.69 Å². The van der Waals surface area contributed by atoms with Crippen molar-refractivity contribution in [1.29, 1.82) is 0 Å². The molecule has 186 valence electrons. The van der Waals surface area contributed by atoms with Crippen LogP contribution in [-0.4, -0.2) is 30.4 Å². The summed E-state index contributed by atoms with van der Waals surface area (Å²) in [5.41, 5.74) is 2.53. The Balaban J connectivity index is 1.48. The molecule has 0 aliphatic heterocycles. The summed E-state index contributed by atoms with van der Waals surface area (Å²) in [5.74, 6) is 0.00738. The van der Waals surface area contributed by atoms with Crippen LogP contribution in [0.15, 0.2) is 62.6 Å². The molecule has 0 saturated carbocycles. The zero-order chi connectivity index (χ0) is 25.7. The van der Waals surface area contributed by atoms with Crippen molar-refractivity contribution in [3.63, 3.8) is 0 Å². The second-order valence-corrected chi connectivity index (χ2v) is 8.39. The molecule has 0 aliphatic carbocycles. The van der Waals surface area contributed by atoms with Crippen LogP contribution in [-0.2, 0) is 30.7 Å². The molecule has 0 bridgehead atoms. The Morgan fingerprint density at radius 3 is 2.36 bits per heavy atom. The lowest BCUT2D eigenvalue weighted by Crippen LogP contribution is -2.41. The van der Waals surface area contributed by atoms with Gasteiger partial charge in [0.25, 0.3) is 5.56 Å². The topological polar surface area (TPSA) is 125 Å². The highest BCUT2D eigenvalue weighted by Gasteiger charge is 2.20. The molecule has 2 heterocycles. The van der Waals surface area contributed by atoms with Crippen molar-refractivity contribution in [2.24, 2.45) is 0 Å². The molecule has 4 aromatic rings. The Kier molecular flexibility index (Phi) is 7.53. The van der Waals surface area contributed by atoms with Crippen LogP contribution in [0.4, 0.5) is 0 Å². The first-order chi connectivity index (χ1) is 17.4. The van der Waals surface area contributed by atoms with Gasteiger partial charge in [0.1, 0.15) is 0 Å². The summed E-state index contributed by atoms with van der Waals surface area (Å²) in [6.45, 7) is 6.31. The minimum absolute atomic E-state index is 0.0329. The zero-order valence-electron chi connectivity index (χ0n) is 20.5. The number of nitrogens with zero attached hydrogens (tertiary/aromatic N) is 5. The third-order valence-electron chi connectivity index (χ3n) is 5.82. The van der Waals surface area contributed by atoms with Crippen LogP contribution in [0.1, 0.15) is 42.8 Å². The highest BCUT2D eigenvalue weighted by Crippen LogP contribution is 2.12. The molecule has 10 nitrogen and oxygen atoms in total. The second kappa shape index (κ2) is 10.9. The summed E-state index contributed by atoms with van der Waals surface area (Å²) in [6, 6.07) is 15.3. The quantitative estimate of drug-likeness (QED) is 0.384. The van der Waals surface area contributed by atoms with Gasteiger partial charge < -0.3 is 9.84 Å². The van der Waals surface area contributed by atoms with Gasteiger partial charge in [-0.25, -0.2) is 4.79 Å². The fourth-order valence-corrected chi connectivity index (χ4v) is 3.64. The molecule has 2 aromatic heterocycles. The Labute approximate surface area is 207 Å². The molecule has 0 saturated heterocycles. The Morgan fingerprint density at radius 1 is 1.00 bits per heavy atom. The van der Waals surface area contributed by atoms with Gasteiger partial charge in [0, 0.05) is 25.9 Å². The Bertz CT molecular complexity index is 1470. The van der Waals surface area contributed by atoms with Gasteiger partial charge in [0.2, 0.25) is 17.6 Å². The zero-order valence-corrected chi connectivity index (χ0v) is 20.5. The van der Waals surface area contributed by atoms with Crippen LogP contribution in [0.3, 0.4) is 0 Å². The van der Waals surface area contributed by atoms with Crippen LogP contribution in [0.5, 0.6) is 0 Å². The molecule has 0 unspecified atom stereocenters. The molecular weight excluding hydrogens is 460 g/mol.